The Hall–Kier alpha value is -5.35. The van der Waals surface area contributed by atoms with E-state index in [1.54, 1.807) is 6.20 Å². The summed E-state index contributed by atoms with van der Waals surface area (Å²) in [6, 6.07) is 21.6. The molecule has 0 atom stereocenters. The van der Waals surface area contributed by atoms with Gasteiger partial charge in [-0.15, -0.1) is 0 Å². The first-order valence-electron chi connectivity index (χ1n) is 12.4. The van der Waals surface area contributed by atoms with Crippen molar-refractivity contribution in [2.45, 2.75) is 19.8 Å². The summed E-state index contributed by atoms with van der Waals surface area (Å²) in [5.74, 6) is 4.16. The fourth-order valence-corrected chi connectivity index (χ4v) is 4.19. The zero-order chi connectivity index (χ0) is 27.4. The number of hydrogen-bond acceptors (Lipinski definition) is 5. The molecule has 39 heavy (non-hydrogen) atoms. The highest BCUT2D eigenvalue weighted by Crippen LogP contribution is 2.34. The van der Waals surface area contributed by atoms with Gasteiger partial charge in [0.1, 0.15) is 0 Å². The third-order valence-corrected chi connectivity index (χ3v) is 6.12. The first-order chi connectivity index (χ1) is 18.9. The lowest BCUT2D eigenvalue weighted by atomic mass is 10.1. The standard InChI is InChI=1S/C32H23N3O4/c1-2-3-4-6-20-7-5-8-21-14-25(15-24(21)13-20)22-9-11-33-27(16-22)29-18-26(32(38)39)19-30(35-29)28-17-23(31(36)37)10-12-34-28/h5,7-19H,2-3H2,1H3,(H,36,37)(H,38,39). The van der Waals surface area contributed by atoms with Crippen molar-refractivity contribution in [2.75, 3.05) is 0 Å². The highest BCUT2D eigenvalue weighted by Gasteiger charge is 2.16. The van der Waals surface area contributed by atoms with Crippen LogP contribution in [0.25, 0.3) is 45.0 Å². The Labute approximate surface area is 225 Å². The largest absolute Gasteiger partial charge is 0.478 e. The summed E-state index contributed by atoms with van der Waals surface area (Å²) in [6.07, 6.45) is 4.88. The molecule has 0 spiro atoms. The fourth-order valence-electron chi connectivity index (χ4n) is 4.19. The van der Waals surface area contributed by atoms with E-state index in [9.17, 15) is 19.8 Å². The summed E-state index contributed by atoms with van der Waals surface area (Å²) in [5, 5.41) is 19.1. The van der Waals surface area contributed by atoms with Crippen molar-refractivity contribution in [1.29, 1.82) is 0 Å². The van der Waals surface area contributed by atoms with Gasteiger partial charge in [-0.25, -0.2) is 14.6 Å². The number of carboxylic acids is 2. The van der Waals surface area contributed by atoms with Crippen LogP contribution in [0.4, 0.5) is 0 Å². The first-order valence-corrected chi connectivity index (χ1v) is 12.4. The molecule has 0 saturated heterocycles. The van der Waals surface area contributed by atoms with Crippen LogP contribution in [-0.4, -0.2) is 37.1 Å². The van der Waals surface area contributed by atoms with E-state index in [0.717, 1.165) is 40.7 Å². The molecule has 7 nitrogen and oxygen atoms in total. The molecule has 2 aliphatic rings. The van der Waals surface area contributed by atoms with Crippen molar-refractivity contribution in [3.05, 3.63) is 102 Å². The Morgan fingerprint density at radius 1 is 0.692 bits per heavy atom. The second-order valence-electron chi connectivity index (χ2n) is 8.93. The molecule has 7 heteroatoms. The molecule has 0 aromatic carbocycles. The molecule has 0 bridgehead atoms. The molecule has 0 amide bonds. The van der Waals surface area contributed by atoms with Crippen molar-refractivity contribution in [1.82, 2.24) is 15.0 Å². The molecule has 0 unspecified atom stereocenters. The zero-order valence-corrected chi connectivity index (χ0v) is 21.0. The van der Waals surface area contributed by atoms with Gasteiger partial charge in [0, 0.05) is 24.4 Å². The van der Waals surface area contributed by atoms with Crippen molar-refractivity contribution < 1.29 is 19.8 Å². The van der Waals surface area contributed by atoms with Gasteiger partial charge in [-0.05, 0) is 89.3 Å². The molecular weight excluding hydrogens is 490 g/mol. The summed E-state index contributed by atoms with van der Waals surface area (Å²) >= 11 is 0. The lowest BCUT2D eigenvalue weighted by Gasteiger charge is -2.08. The van der Waals surface area contributed by atoms with Crippen LogP contribution in [0.15, 0.2) is 85.2 Å². The molecule has 2 N–H and O–H groups in total. The lowest BCUT2D eigenvalue weighted by molar-refractivity contribution is 0.0686. The number of nitrogens with zero attached hydrogens (tertiary/aromatic N) is 3. The van der Waals surface area contributed by atoms with Gasteiger partial charge in [0.2, 0.25) is 0 Å². The first kappa shape index (κ1) is 25.3. The van der Waals surface area contributed by atoms with E-state index in [1.165, 1.54) is 30.5 Å². The second-order valence-corrected chi connectivity index (χ2v) is 8.93. The van der Waals surface area contributed by atoms with E-state index in [-0.39, 0.29) is 22.5 Å². The van der Waals surface area contributed by atoms with Crippen LogP contribution in [-0.2, 0) is 0 Å². The minimum Gasteiger partial charge on any atom is -0.478 e. The van der Waals surface area contributed by atoms with Crippen LogP contribution in [0.2, 0.25) is 0 Å². The normalized spacial score (nSPS) is 10.6. The molecule has 3 aromatic heterocycles. The Morgan fingerprint density at radius 2 is 1.31 bits per heavy atom. The molecule has 0 fully saturated rings. The number of hydrogen-bond donors (Lipinski definition) is 2. The van der Waals surface area contributed by atoms with Gasteiger partial charge >= 0.3 is 11.9 Å². The highest BCUT2D eigenvalue weighted by atomic mass is 16.4. The quantitative estimate of drug-likeness (QED) is 0.248. The minimum atomic E-state index is -1.14. The molecule has 0 saturated carbocycles. The monoisotopic (exact) mass is 513 g/mol. The molecular formula is C32H23N3O4. The van der Waals surface area contributed by atoms with Crippen LogP contribution in [0, 0.1) is 11.8 Å². The fraction of sp³-hybridized carbons (Fsp3) is 0.0938. The molecule has 2 aliphatic carbocycles. The van der Waals surface area contributed by atoms with E-state index in [1.807, 2.05) is 30.3 Å². The zero-order valence-electron chi connectivity index (χ0n) is 21.0. The van der Waals surface area contributed by atoms with Crippen molar-refractivity contribution >= 4 is 11.9 Å². The van der Waals surface area contributed by atoms with Gasteiger partial charge in [0.15, 0.2) is 0 Å². The van der Waals surface area contributed by atoms with Crippen LogP contribution in [0.5, 0.6) is 0 Å². The van der Waals surface area contributed by atoms with E-state index in [4.69, 9.17) is 0 Å². The number of unbranched alkanes of at least 4 members (excludes halogenated alkanes) is 1. The third kappa shape index (κ3) is 5.65. The highest BCUT2D eigenvalue weighted by molar-refractivity contribution is 5.92. The van der Waals surface area contributed by atoms with E-state index >= 15 is 0 Å². The Morgan fingerprint density at radius 3 is 2.03 bits per heavy atom. The van der Waals surface area contributed by atoms with Gasteiger partial charge < -0.3 is 10.2 Å². The number of fused-ring (bicyclic) bond motifs is 1. The Kier molecular flexibility index (Phi) is 7.11. The molecule has 190 valence electrons. The number of carbonyl (C=O) groups is 2. The van der Waals surface area contributed by atoms with Crippen LogP contribution in [0.3, 0.4) is 0 Å². The molecule has 0 radical (unpaired) electrons. The topological polar surface area (TPSA) is 113 Å². The smallest absolute Gasteiger partial charge is 0.335 e. The predicted octanol–water partition coefficient (Wildman–Crippen LogP) is 6.53. The average Bonchev–Trinajstić information content (AvgIpc) is 3.25. The maximum atomic E-state index is 11.9. The maximum absolute atomic E-state index is 11.9. The number of aromatic carboxylic acids is 2. The predicted molar refractivity (Wildman–Crippen MR) is 148 cm³/mol. The van der Waals surface area contributed by atoms with Gasteiger partial charge in [0.25, 0.3) is 0 Å². The van der Waals surface area contributed by atoms with Gasteiger partial charge in [-0.1, -0.05) is 30.9 Å². The van der Waals surface area contributed by atoms with Crippen molar-refractivity contribution in [3.63, 3.8) is 0 Å². The maximum Gasteiger partial charge on any atom is 0.335 e. The number of pyridine rings is 3. The summed E-state index contributed by atoms with van der Waals surface area (Å²) < 4.78 is 0. The van der Waals surface area contributed by atoms with Crippen molar-refractivity contribution in [3.8, 4) is 56.9 Å². The molecule has 3 heterocycles. The number of rotatable bonds is 6. The Balaban J connectivity index is 1.56. The lowest BCUT2D eigenvalue weighted by Crippen LogP contribution is -2.02. The summed E-state index contributed by atoms with van der Waals surface area (Å²) in [4.78, 5) is 36.6. The summed E-state index contributed by atoms with van der Waals surface area (Å²) in [6.45, 7) is 2.10. The summed E-state index contributed by atoms with van der Waals surface area (Å²) in [5.41, 5.74) is 6.30. The molecule has 3 aromatic rings. The second kappa shape index (κ2) is 11.0. The van der Waals surface area contributed by atoms with Crippen molar-refractivity contribution in [2.24, 2.45) is 0 Å². The SMILES string of the molecule is CCCC#Cc1cccc2cc(-c3ccnc(-c4cc(C(=O)O)cc(-c5cc(C(=O)O)ccn5)n4)c3)cc-2c1. The minimum absolute atomic E-state index is 0.00649. The van der Waals surface area contributed by atoms with Crippen LogP contribution < -0.4 is 0 Å². The third-order valence-electron chi connectivity index (χ3n) is 6.12. The molecule has 0 aliphatic heterocycles. The van der Waals surface area contributed by atoms with Gasteiger partial charge in [0.05, 0.1) is 33.9 Å². The number of carboxylic acid groups (broad SMARTS) is 2. The van der Waals surface area contributed by atoms with Crippen LogP contribution in [0.1, 0.15) is 46.0 Å². The van der Waals surface area contributed by atoms with E-state index in [2.05, 4.69) is 51.9 Å². The molecule has 5 rings (SSSR count). The van der Waals surface area contributed by atoms with Crippen LogP contribution >= 0.6 is 0 Å². The van der Waals surface area contributed by atoms with Gasteiger partial charge in [-0.3, -0.25) is 9.97 Å². The average molecular weight is 514 g/mol. The van der Waals surface area contributed by atoms with Gasteiger partial charge in [-0.2, -0.15) is 0 Å². The summed E-state index contributed by atoms with van der Waals surface area (Å²) in [7, 11) is 0. The van der Waals surface area contributed by atoms with E-state index in [0.29, 0.717) is 11.4 Å². The van der Waals surface area contributed by atoms with E-state index < -0.39 is 11.9 Å². The number of aromatic nitrogens is 3. The Bertz CT molecular complexity index is 1750.